The van der Waals surface area contributed by atoms with Crippen molar-refractivity contribution in [3.8, 4) is 11.1 Å². The van der Waals surface area contributed by atoms with E-state index in [9.17, 15) is 13.2 Å². The zero-order valence-corrected chi connectivity index (χ0v) is 13.7. The highest BCUT2D eigenvalue weighted by molar-refractivity contribution is 7.90. The summed E-state index contributed by atoms with van der Waals surface area (Å²) in [6.07, 6.45) is 0.589. The fourth-order valence-corrected chi connectivity index (χ4v) is 3.18. The number of unbranched alkanes of at least 4 members (excludes halogenated alkanes) is 1. The number of rotatable bonds is 6. The molecule has 0 aliphatic carbocycles. The molecule has 2 rings (SSSR count). The fraction of sp³-hybridized carbons (Fsp3) is 0.235. The topological polar surface area (TPSA) is 72.5 Å². The van der Waals surface area contributed by atoms with Crippen LogP contribution >= 0.6 is 0 Å². The van der Waals surface area contributed by atoms with Crippen molar-refractivity contribution >= 4 is 16.1 Å². The predicted molar refractivity (Wildman–Crippen MR) is 88.5 cm³/mol. The van der Waals surface area contributed by atoms with Crippen molar-refractivity contribution in [3.05, 3.63) is 54.6 Å². The molecule has 0 aliphatic heterocycles. The standard InChI is InChI=1S/C17H19NO4S/c1-2-3-13-22-17(19)18-23(20,21)16-12-8-7-11-15(16)14-9-5-4-6-10-14/h4-12H,2-3,13H2,1H3,(H,18,19). The first-order valence-electron chi connectivity index (χ1n) is 7.38. The minimum absolute atomic E-state index is 0.0404. The lowest BCUT2D eigenvalue weighted by Crippen LogP contribution is -2.31. The summed E-state index contributed by atoms with van der Waals surface area (Å²) in [5.41, 5.74) is 1.29. The first-order chi connectivity index (χ1) is 11.0. The van der Waals surface area contributed by atoms with Crippen LogP contribution in [-0.4, -0.2) is 21.1 Å². The quantitative estimate of drug-likeness (QED) is 0.820. The Morgan fingerprint density at radius 1 is 1.04 bits per heavy atom. The number of ether oxygens (including phenoxy) is 1. The summed E-state index contributed by atoms with van der Waals surface area (Å²) in [5.74, 6) is 0. The number of carbonyl (C=O) groups excluding carboxylic acids is 1. The Morgan fingerprint density at radius 2 is 1.70 bits per heavy atom. The van der Waals surface area contributed by atoms with Crippen molar-refractivity contribution in [2.75, 3.05) is 6.61 Å². The molecule has 0 saturated carbocycles. The number of hydrogen-bond acceptors (Lipinski definition) is 4. The van der Waals surface area contributed by atoms with Crippen molar-refractivity contribution in [1.29, 1.82) is 0 Å². The summed E-state index contributed by atoms with van der Waals surface area (Å²) >= 11 is 0. The van der Waals surface area contributed by atoms with Gasteiger partial charge in [0.1, 0.15) is 0 Å². The summed E-state index contributed by atoms with van der Waals surface area (Å²) in [6, 6.07) is 15.7. The third-order valence-electron chi connectivity index (χ3n) is 3.21. The van der Waals surface area contributed by atoms with E-state index >= 15 is 0 Å². The number of amides is 1. The molecule has 2 aromatic carbocycles. The van der Waals surface area contributed by atoms with E-state index in [0.29, 0.717) is 12.0 Å². The maximum Gasteiger partial charge on any atom is 0.421 e. The van der Waals surface area contributed by atoms with Crippen LogP contribution in [0.3, 0.4) is 0 Å². The summed E-state index contributed by atoms with van der Waals surface area (Å²) in [4.78, 5) is 11.7. The molecular weight excluding hydrogens is 314 g/mol. The summed E-state index contributed by atoms with van der Waals surface area (Å²) in [6.45, 7) is 2.15. The molecule has 1 N–H and O–H groups in total. The molecule has 0 bridgehead atoms. The van der Waals surface area contributed by atoms with Gasteiger partial charge < -0.3 is 4.74 Å². The SMILES string of the molecule is CCCCOC(=O)NS(=O)(=O)c1ccccc1-c1ccccc1. The van der Waals surface area contributed by atoms with Crippen LogP contribution in [0.25, 0.3) is 11.1 Å². The van der Waals surface area contributed by atoms with E-state index in [1.165, 1.54) is 6.07 Å². The minimum atomic E-state index is -4.00. The smallest absolute Gasteiger partial charge is 0.421 e. The highest BCUT2D eigenvalue weighted by atomic mass is 32.2. The lowest BCUT2D eigenvalue weighted by molar-refractivity contribution is 0.151. The first kappa shape index (κ1) is 17.0. The molecule has 6 heteroatoms. The van der Waals surface area contributed by atoms with E-state index in [1.54, 1.807) is 18.2 Å². The van der Waals surface area contributed by atoms with Crippen LogP contribution in [0, 0.1) is 0 Å². The molecule has 0 aliphatic rings. The zero-order valence-electron chi connectivity index (χ0n) is 12.9. The molecule has 0 unspecified atom stereocenters. The maximum atomic E-state index is 12.5. The van der Waals surface area contributed by atoms with Gasteiger partial charge in [0.05, 0.1) is 11.5 Å². The number of carbonyl (C=O) groups is 1. The van der Waals surface area contributed by atoms with E-state index in [-0.39, 0.29) is 11.5 Å². The Bertz CT molecular complexity index is 757. The maximum absolute atomic E-state index is 12.5. The molecule has 0 aromatic heterocycles. The van der Waals surface area contributed by atoms with Crippen molar-refractivity contribution in [2.45, 2.75) is 24.7 Å². The molecule has 0 radical (unpaired) electrons. The van der Waals surface area contributed by atoms with Gasteiger partial charge in [0.25, 0.3) is 10.0 Å². The Kier molecular flexibility index (Phi) is 5.76. The van der Waals surface area contributed by atoms with Gasteiger partial charge >= 0.3 is 6.09 Å². The first-order valence-corrected chi connectivity index (χ1v) is 8.87. The Labute approximate surface area is 136 Å². The lowest BCUT2D eigenvalue weighted by atomic mass is 10.1. The van der Waals surface area contributed by atoms with Gasteiger partial charge in [-0.1, -0.05) is 61.9 Å². The minimum Gasteiger partial charge on any atom is -0.449 e. The third kappa shape index (κ3) is 4.56. The predicted octanol–water partition coefficient (Wildman–Crippen LogP) is 3.57. The average molecular weight is 333 g/mol. The Morgan fingerprint density at radius 3 is 2.39 bits per heavy atom. The third-order valence-corrected chi connectivity index (χ3v) is 4.58. The van der Waals surface area contributed by atoms with E-state index in [4.69, 9.17) is 4.74 Å². The van der Waals surface area contributed by atoms with Gasteiger partial charge in [-0.3, -0.25) is 0 Å². The average Bonchev–Trinajstić information content (AvgIpc) is 2.55. The molecule has 0 fully saturated rings. The zero-order chi connectivity index (χ0) is 16.7. The fourth-order valence-electron chi connectivity index (χ4n) is 2.06. The molecule has 0 heterocycles. The van der Waals surface area contributed by atoms with Crippen molar-refractivity contribution in [3.63, 3.8) is 0 Å². The Balaban J connectivity index is 2.25. The van der Waals surface area contributed by atoms with Crippen molar-refractivity contribution < 1.29 is 17.9 Å². The van der Waals surface area contributed by atoms with E-state index in [2.05, 4.69) is 0 Å². The molecule has 0 saturated heterocycles. The van der Waals surface area contributed by atoms with Crippen LogP contribution in [0.5, 0.6) is 0 Å². The Hall–Kier alpha value is -2.34. The largest absolute Gasteiger partial charge is 0.449 e. The van der Waals surface area contributed by atoms with E-state index < -0.39 is 16.1 Å². The van der Waals surface area contributed by atoms with Crippen LogP contribution < -0.4 is 4.72 Å². The molecule has 2 aromatic rings. The highest BCUT2D eigenvalue weighted by Crippen LogP contribution is 2.26. The second-order valence-corrected chi connectivity index (χ2v) is 6.61. The van der Waals surface area contributed by atoms with Gasteiger partial charge in [-0.05, 0) is 18.1 Å². The number of hydrogen-bond donors (Lipinski definition) is 1. The molecule has 23 heavy (non-hydrogen) atoms. The summed E-state index contributed by atoms with van der Waals surface area (Å²) in [5, 5.41) is 0. The molecule has 122 valence electrons. The van der Waals surface area contributed by atoms with Gasteiger partial charge in [0, 0.05) is 5.56 Å². The van der Waals surface area contributed by atoms with Crippen molar-refractivity contribution in [2.24, 2.45) is 0 Å². The lowest BCUT2D eigenvalue weighted by Gasteiger charge is -2.12. The second-order valence-electron chi connectivity index (χ2n) is 4.96. The van der Waals surface area contributed by atoms with Gasteiger partial charge in [-0.25, -0.2) is 17.9 Å². The molecule has 0 atom stereocenters. The second kappa shape index (κ2) is 7.78. The van der Waals surface area contributed by atoms with Crippen LogP contribution in [-0.2, 0) is 14.8 Å². The van der Waals surface area contributed by atoms with Crippen LogP contribution in [0.2, 0.25) is 0 Å². The van der Waals surface area contributed by atoms with Gasteiger partial charge in [0.15, 0.2) is 0 Å². The number of benzene rings is 2. The van der Waals surface area contributed by atoms with Gasteiger partial charge in [-0.2, -0.15) is 0 Å². The number of nitrogens with one attached hydrogen (secondary N) is 1. The van der Waals surface area contributed by atoms with E-state index in [1.807, 2.05) is 42.0 Å². The summed E-state index contributed by atoms with van der Waals surface area (Å²) < 4.78 is 31.7. The van der Waals surface area contributed by atoms with Crippen LogP contribution in [0.1, 0.15) is 19.8 Å². The summed E-state index contributed by atoms with van der Waals surface area (Å²) in [7, 11) is -4.00. The van der Waals surface area contributed by atoms with Gasteiger partial charge in [0.2, 0.25) is 0 Å². The molecule has 1 amide bonds. The molecule has 0 spiro atoms. The van der Waals surface area contributed by atoms with Gasteiger partial charge in [-0.15, -0.1) is 0 Å². The number of sulfonamides is 1. The highest BCUT2D eigenvalue weighted by Gasteiger charge is 2.22. The monoisotopic (exact) mass is 333 g/mol. The van der Waals surface area contributed by atoms with Crippen LogP contribution in [0.4, 0.5) is 4.79 Å². The van der Waals surface area contributed by atoms with Crippen molar-refractivity contribution in [1.82, 2.24) is 4.72 Å². The molecular formula is C17H19NO4S. The molecule has 5 nitrogen and oxygen atoms in total. The van der Waals surface area contributed by atoms with E-state index in [0.717, 1.165) is 12.0 Å². The normalized spacial score (nSPS) is 11.0. The van der Waals surface area contributed by atoms with Crippen LogP contribution in [0.15, 0.2) is 59.5 Å².